The fourth-order valence-electron chi connectivity index (χ4n) is 4.12. The summed E-state index contributed by atoms with van der Waals surface area (Å²) >= 11 is 0. The van der Waals surface area contributed by atoms with Crippen LogP contribution in [0.5, 0.6) is 0 Å². The van der Waals surface area contributed by atoms with Gasteiger partial charge in [-0.2, -0.15) is 0 Å². The Morgan fingerprint density at radius 3 is 2.42 bits per heavy atom. The number of rotatable bonds is 12. The Labute approximate surface area is 189 Å². The van der Waals surface area contributed by atoms with Gasteiger partial charge >= 0.3 is 0 Å². The van der Waals surface area contributed by atoms with Gasteiger partial charge in [-0.3, -0.25) is 4.99 Å². The van der Waals surface area contributed by atoms with E-state index < -0.39 is 0 Å². The van der Waals surface area contributed by atoms with Gasteiger partial charge in [-0.1, -0.05) is 44.2 Å². The van der Waals surface area contributed by atoms with Crippen LogP contribution in [0.1, 0.15) is 65.5 Å². The highest BCUT2D eigenvalue weighted by Crippen LogP contribution is 2.26. The summed E-state index contributed by atoms with van der Waals surface area (Å²) in [6, 6.07) is 10.9. The average Bonchev–Trinajstić information content (AvgIpc) is 2.78. The van der Waals surface area contributed by atoms with Crippen LogP contribution in [-0.2, 0) is 9.47 Å². The first-order valence-electron chi connectivity index (χ1n) is 12.0. The molecular formula is C25H44N4O2. The SMILES string of the molecule is CCNC(=NCC1(NC(C)c2ccccc2)CCOCC1)NCCC(OCC)C(C)C. The zero-order chi connectivity index (χ0) is 22.5. The Bertz CT molecular complexity index is 630. The van der Waals surface area contributed by atoms with E-state index in [1.165, 1.54) is 5.56 Å². The normalized spacial score (nSPS) is 18.6. The van der Waals surface area contributed by atoms with Crippen molar-refractivity contribution in [3.63, 3.8) is 0 Å². The molecule has 1 saturated heterocycles. The number of ether oxygens (including phenoxy) is 2. The van der Waals surface area contributed by atoms with Gasteiger partial charge in [0.1, 0.15) is 0 Å². The van der Waals surface area contributed by atoms with Crippen LogP contribution in [0.3, 0.4) is 0 Å². The lowest BCUT2D eigenvalue weighted by Gasteiger charge is -2.39. The molecule has 6 heteroatoms. The lowest BCUT2D eigenvalue weighted by molar-refractivity contribution is 0.0258. The summed E-state index contributed by atoms with van der Waals surface area (Å²) in [7, 11) is 0. The van der Waals surface area contributed by atoms with Crippen LogP contribution >= 0.6 is 0 Å². The Morgan fingerprint density at radius 1 is 1.10 bits per heavy atom. The third-order valence-corrected chi connectivity index (χ3v) is 6.00. The maximum absolute atomic E-state index is 5.88. The van der Waals surface area contributed by atoms with Crippen molar-refractivity contribution in [1.82, 2.24) is 16.0 Å². The molecule has 3 N–H and O–H groups in total. The second kappa shape index (κ2) is 13.7. The third kappa shape index (κ3) is 8.79. The summed E-state index contributed by atoms with van der Waals surface area (Å²) in [5.41, 5.74) is 1.25. The standard InChI is InChI=1S/C25H44N4O2/c1-6-26-24(27-16-13-23(20(3)4)31-7-2)28-19-25(14-17-30-18-15-25)29-21(5)22-11-9-8-10-12-22/h8-12,20-21,23,29H,6-7,13-19H2,1-5H3,(H2,26,27,28). The van der Waals surface area contributed by atoms with Crippen molar-refractivity contribution < 1.29 is 9.47 Å². The maximum atomic E-state index is 5.88. The molecule has 0 aromatic heterocycles. The third-order valence-electron chi connectivity index (χ3n) is 6.00. The van der Waals surface area contributed by atoms with Crippen molar-refractivity contribution in [3.8, 4) is 0 Å². The zero-order valence-electron chi connectivity index (χ0n) is 20.2. The minimum Gasteiger partial charge on any atom is -0.381 e. The summed E-state index contributed by atoms with van der Waals surface area (Å²) < 4.78 is 11.5. The molecule has 0 aliphatic carbocycles. The zero-order valence-corrected chi connectivity index (χ0v) is 20.2. The second-order valence-electron chi connectivity index (χ2n) is 8.82. The topological polar surface area (TPSA) is 66.9 Å². The number of aliphatic imine (C=N–C) groups is 1. The molecule has 1 aliphatic heterocycles. The van der Waals surface area contributed by atoms with E-state index in [9.17, 15) is 0 Å². The molecule has 6 nitrogen and oxygen atoms in total. The predicted molar refractivity (Wildman–Crippen MR) is 130 cm³/mol. The minimum atomic E-state index is -0.0539. The first kappa shape index (κ1) is 25.6. The monoisotopic (exact) mass is 432 g/mol. The molecule has 1 heterocycles. The van der Waals surface area contributed by atoms with Crippen LogP contribution in [-0.4, -0.2) is 57.1 Å². The molecule has 0 saturated carbocycles. The molecule has 2 unspecified atom stereocenters. The van der Waals surface area contributed by atoms with Crippen molar-refractivity contribution in [3.05, 3.63) is 35.9 Å². The number of guanidine groups is 1. The molecule has 0 bridgehead atoms. The van der Waals surface area contributed by atoms with E-state index in [1.807, 2.05) is 0 Å². The van der Waals surface area contributed by atoms with Crippen LogP contribution < -0.4 is 16.0 Å². The molecule has 0 spiro atoms. The van der Waals surface area contributed by atoms with Crippen LogP contribution in [0, 0.1) is 5.92 Å². The molecular weight excluding hydrogens is 388 g/mol. The Kier molecular flexibility index (Phi) is 11.3. The summed E-state index contributed by atoms with van der Waals surface area (Å²) in [6.45, 7) is 15.6. The lowest BCUT2D eigenvalue weighted by atomic mass is 9.88. The van der Waals surface area contributed by atoms with E-state index >= 15 is 0 Å². The van der Waals surface area contributed by atoms with Crippen LogP contribution in [0.4, 0.5) is 0 Å². The molecule has 2 rings (SSSR count). The summed E-state index contributed by atoms with van der Waals surface area (Å²) in [6.07, 6.45) is 3.17. The van der Waals surface area contributed by atoms with Gasteiger partial charge in [-0.25, -0.2) is 0 Å². The van der Waals surface area contributed by atoms with Gasteiger partial charge in [-0.05, 0) is 51.5 Å². The number of hydrogen-bond acceptors (Lipinski definition) is 4. The molecule has 1 fully saturated rings. The Hall–Kier alpha value is -1.63. The van der Waals surface area contributed by atoms with Crippen LogP contribution in [0.2, 0.25) is 0 Å². The van der Waals surface area contributed by atoms with Gasteiger partial charge in [0, 0.05) is 44.5 Å². The minimum absolute atomic E-state index is 0.0539. The van der Waals surface area contributed by atoms with Gasteiger partial charge in [-0.15, -0.1) is 0 Å². The van der Waals surface area contributed by atoms with E-state index in [-0.39, 0.29) is 17.7 Å². The van der Waals surface area contributed by atoms with Crippen LogP contribution in [0.25, 0.3) is 0 Å². The second-order valence-corrected chi connectivity index (χ2v) is 8.82. The molecule has 176 valence electrons. The number of hydrogen-bond donors (Lipinski definition) is 3. The van der Waals surface area contributed by atoms with E-state index in [4.69, 9.17) is 14.5 Å². The fourth-order valence-corrected chi connectivity index (χ4v) is 4.12. The summed E-state index contributed by atoms with van der Waals surface area (Å²) in [4.78, 5) is 4.98. The largest absolute Gasteiger partial charge is 0.381 e. The quantitative estimate of drug-likeness (QED) is 0.345. The maximum Gasteiger partial charge on any atom is 0.191 e. The highest BCUT2D eigenvalue weighted by molar-refractivity contribution is 5.79. The first-order valence-corrected chi connectivity index (χ1v) is 12.0. The van der Waals surface area contributed by atoms with E-state index in [1.54, 1.807) is 0 Å². The average molecular weight is 433 g/mol. The van der Waals surface area contributed by atoms with Crippen molar-refractivity contribution in [2.45, 2.75) is 71.6 Å². The van der Waals surface area contributed by atoms with Gasteiger partial charge in [0.2, 0.25) is 0 Å². The number of nitrogens with one attached hydrogen (secondary N) is 3. The molecule has 1 aliphatic rings. The van der Waals surface area contributed by atoms with E-state index in [0.717, 1.165) is 64.7 Å². The highest BCUT2D eigenvalue weighted by atomic mass is 16.5. The molecule has 0 amide bonds. The molecule has 2 atom stereocenters. The van der Waals surface area contributed by atoms with Crippen molar-refractivity contribution in [2.75, 3.05) is 39.5 Å². The Balaban J connectivity index is 2.01. The molecule has 1 aromatic carbocycles. The van der Waals surface area contributed by atoms with Crippen molar-refractivity contribution in [2.24, 2.45) is 10.9 Å². The van der Waals surface area contributed by atoms with Crippen LogP contribution in [0.15, 0.2) is 35.3 Å². The van der Waals surface area contributed by atoms with Gasteiger partial charge in [0.25, 0.3) is 0 Å². The van der Waals surface area contributed by atoms with Crippen molar-refractivity contribution in [1.29, 1.82) is 0 Å². The van der Waals surface area contributed by atoms with Gasteiger partial charge in [0.15, 0.2) is 5.96 Å². The van der Waals surface area contributed by atoms with Gasteiger partial charge < -0.3 is 25.4 Å². The number of nitrogens with zero attached hydrogens (tertiary/aromatic N) is 1. The van der Waals surface area contributed by atoms with E-state index in [0.29, 0.717) is 5.92 Å². The van der Waals surface area contributed by atoms with Crippen molar-refractivity contribution >= 4 is 5.96 Å². The molecule has 0 radical (unpaired) electrons. The van der Waals surface area contributed by atoms with Gasteiger partial charge in [0.05, 0.1) is 12.6 Å². The summed E-state index contributed by atoms with van der Waals surface area (Å²) in [5.74, 6) is 1.39. The van der Waals surface area contributed by atoms with E-state index in [2.05, 4.69) is 80.9 Å². The lowest BCUT2D eigenvalue weighted by Crippen LogP contribution is -2.53. The molecule has 1 aromatic rings. The fraction of sp³-hybridized carbons (Fsp3) is 0.720. The highest BCUT2D eigenvalue weighted by Gasteiger charge is 2.34. The smallest absolute Gasteiger partial charge is 0.191 e. The predicted octanol–water partition coefficient (Wildman–Crippen LogP) is 3.89. The first-order chi connectivity index (χ1) is 15.0. The summed E-state index contributed by atoms with van der Waals surface area (Å²) in [5, 5.41) is 10.8. The molecule has 31 heavy (non-hydrogen) atoms. The Morgan fingerprint density at radius 2 is 1.81 bits per heavy atom. The number of benzene rings is 1.